The van der Waals surface area contributed by atoms with Crippen molar-refractivity contribution >= 4 is 16.9 Å². The molecule has 1 amide bonds. The van der Waals surface area contributed by atoms with Crippen LogP contribution in [0.1, 0.15) is 36.7 Å². The topological polar surface area (TPSA) is 91.1 Å². The summed E-state index contributed by atoms with van der Waals surface area (Å²) in [4.78, 5) is 20.1. The van der Waals surface area contributed by atoms with Crippen LogP contribution < -0.4 is 20.9 Å². The van der Waals surface area contributed by atoms with Crippen LogP contribution in [0.4, 0.5) is 0 Å². The lowest BCUT2D eigenvalue weighted by Gasteiger charge is -2.14. The molecule has 0 saturated carbocycles. The molecule has 2 atom stereocenters. The third-order valence-electron chi connectivity index (χ3n) is 5.01. The number of methoxy groups -OCH3 is 1. The van der Waals surface area contributed by atoms with Crippen LogP contribution in [0.2, 0.25) is 0 Å². The number of hydrogen-bond acceptors (Lipinski definition) is 5. The van der Waals surface area contributed by atoms with Crippen LogP contribution in [0.25, 0.3) is 11.0 Å². The van der Waals surface area contributed by atoms with Gasteiger partial charge in [-0.1, -0.05) is 30.3 Å². The van der Waals surface area contributed by atoms with Crippen molar-refractivity contribution in [2.75, 3.05) is 7.11 Å². The number of benzene rings is 2. The van der Waals surface area contributed by atoms with Crippen LogP contribution in [0, 0.1) is 0 Å². The third-order valence-corrected chi connectivity index (χ3v) is 5.01. The molecule has 4 rings (SSSR count). The van der Waals surface area contributed by atoms with E-state index in [0.29, 0.717) is 6.42 Å². The zero-order chi connectivity index (χ0) is 19.3. The van der Waals surface area contributed by atoms with Crippen LogP contribution in [0.3, 0.4) is 0 Å². The van der Waals surface area contributed by atoms with E-state index >= 15 is 0 Å². The van der Waals surface area contributed by atoms with Gasteiger partial charge in [0.15, 0.2) is 0 Å². The van der Waals surface area contributed by atoms with Crippen molar-refractivity contribution in [3.63, 3.8) is 0 Å². The fraction of sp³-hybridized carbons (Fsp3) is 0.333. The average Bonchev–Trinajstić information content (AvgIpc) is 3.34. The molecule has 2 aromatic carbocycles. The predicted octanol–water partition coefficient (Wildman–Crippen LogP) is 2.58. The number of aryl methyl sites for hydroxylation is 1. The lowest BCUT2D eigenvalue weighted by molar-refractivity contribution is -0.122. The molecule has 1 saturated heterocycles. The monoisotopic (exact) mass is 379 g/mol. The van der Waals surface area contributed by atoms with Gasteiger partial charge in [-0.15, -0.1) is 0 Å². The Hall–Kier alpha value is -2.90. The van der Waals surface area contributed by atoms with Crippen LogP contribution >= 0.6 is 0 Å². The SMILES string of the molecule is COc1ccccc1C1CC(NC(=O)CCCc2nc3ccccc3[nH]2)NN1. The summed E-state index contributed by atoms with van der Waals surface area (Å²) in [5, 5.41) is 3.04. The van der Waals surface area contributed by atoms with E-state index in [1.54, 1.807) is 7.11 Å². The summed E-state index contributed by atoms with van der Waals surface area (Å²) >= 11 is 0. The lowest BCUT2D eigenvalue weighted by Crippen LogP contribution is -2.44. The maximum absolute atomic E-state index is 12.3. The molecular weight excluding hydrogens is 354 g/mol. The van der Waals surface area contributed by atoms with Gasteiger partial charge >= 0.3 is 0 Å². The van der Waals surface area contributed by atoms with Crippen molar-refractivity contribution in [2.45, 2.75) is 37.9 Å². The van der Waals surface area contributed by atoms with Gasteiger partial charge in [-0.2, -0.15) is 0 Å². The number of amides is 1. The Morgan fingerprint density at radius 1 is 1.18 bits per heavy atom. The molecule has 1 aromatic heterocycles. The van der Waals surface area contributed by atoms with E-state index < -0.39 is 0 Å². The molecule has 2 heterocycles. The van der Waals surface area contributed by atoms with E-state index in [2.05, 4.69) is 26.1 Å². The first-order valence-electron chi connectivity index (χ1n) is 9.60. The first-order valence-corrected chi connectivity index (χ1v) is 9.60. The highest BCUT2D eigenvalue weighted by Crippen LogP contribution is 2.29. The molecule has 1 aliphatic rings. The maximum Gasteiger partial charge on any atom is 0.221 e. The molecule has 7 nitrogen and oxygen atoms in total. The van der Waals surface area contributed by atoms with Gasteiger partial charge in [-0.3, -0.25) is 4.79 Å². The zero-order valence-electron chi connectivity index (χ0n) is 15.9. The van der Waals surface area contributed by atoms with Gasteiger partial charge in [0.25, 0.3) is 0 Å². The fourth-order valence-corrected chi connectivity index (χ4v) is 3.62. The summed E-state index contributed by atoms with van der Waals surface area (Å²) < 4.78 is 5.43. The van der Waals surface area contributed by atoms with Crippen LogP contribution in [-0.2, 0) is 11.2 Å². The second-order valence-electron chi connectivity index (χ2n) is 6.99. The molecule has 2 unspecified atom stereocenters. The van der Waals surface area contributed by atoms with Crippen molar-refractivity contribution < 1.29 is 9.53 Å². The normalized spacial score (nSPS) is 19.0. The molecule has 1 fully saturated rings. The largest absolute Gasteiger partial charge is 0.496 e. The average molecular weight is 379 g/mol. The van der Waals surface area contributed by atoms with E-state index in [1.807, 2.05) is 48.5 Å². The Morgan fingerprint density at radius 3 is 2.86 bits per heavy atom. The molecule has 4 N–H and O–H groups in total. The minimum absolute atomic E-state index is 0.0380. The van der Waals surface area contributed by atoms with Gasteiger partial charge in [0, 0.05) is 24.8 Å². The molecular formula is C21H25N5O2. The molecule has 3 aromatic rings. The summed E-state index contributed by atoms with van der Waals surface area (Å²) in [6, 6.07) is 16.0. The number of hydrazine groups is 1. The van der Waals surface area contributed by atoms with Crippen molar-refractivity contribution in [2.24, 2.45) is 0 Å². The highest BCUT2D eigenvalue weighted by atomic mass is 16.5. The second-order valence-corrected chi connectivity index (χ2v) is 6.99. The summed E-state index contributed by atoms with van der Waals surface area (Å²) in [6.45, 7) is 0. The smallest absolute Gasteiger partial charge is 0.221 e. The van der Waals surface area contributed by atoms with Crippen molar-refractivity contribution in [3.8, 4) is 5.75 Å². The molecule has 0 aliphatic carbocycles. The molecule has 1 aliphatic heterocycles. The second kappa shape index (κ2) is 8.41. The van der Waals surface area contributed by atoms with Gasteiger partial charge in [-0.05, 0) is 24.6 Å². The summed E-state index contributed by atoms with van der Waals surface area (Å²) in [5.41, 5.74) is 9.48. The minimum Gasteiger partial charge on any atom is -0.496 e. The minimum atomic E-state index is -0.103. The quantitative estimate of drug-likeness (QED) is 0.507. The molecule has 7 heteroatoms. The van der Waals surface area contributed by atoms with Crippen molar-refractivity contribution in [3.05, 3.63) is 59.9 Å². The first-order chi connectivity index (χ1) is 13.7. The number of aromatic nitrogens is 2. The van der Waals surface area contributed by atoms with Crippen LogP contribution in [0.15, 0.2) is 48.5 Å². The highest BCUT2D eigenvalue weighted by molar-refractivity contribution is 5.76. The Morgan fingerprint density at radius 2 is 2.00 bits per heavy atom. The van der Waals surface area contributed by atoms with E-state index in [1.165, 1.54) is 0 Å². The molecule has 28 heavy (non-hydrogen) atoms. The van der Waals surface area contributed by atoms with E-state index in [-0.39, 0.29) is 18.1 Å². The molecule has 0 spiro atoms. The number of ether oxygens (including phenoxy) is 1. The van der Waals surface area contributed by atoms with E-state index in [0.717, 1.165) is 47.4 Å². The zero-order valence-corrected chi connectivity index (χ0v) is 15.9. The molecule has 0 radical (unpaired) electrons. The Balaban J connectivity index is 1.24. The fourth-order valence-electron chi connectivity index (χ4n) is 3.62. The number of aromatic amines is 1. The molecule has 0 bridgehead atoms. The number of rotatable bonds is 7. The van der Waals surface area contributed by atoms with Gasteiger partial charge in [0.2, 0.25) is 5.91 Å². The summed E-state index contributed by atoms with van der Waals surface area (Å²) in [7, 11) is 1.67. The Labute approximate surface area is 163 Å². The number of nitrogens with zero attached hydrogens (tertiary/aromatic N) is 1. The number of hydrogen-bond donors (Lipinski definition) is 4. The van der Waals surface area contributed by atoms with Gasteiger partial charge < -0.3 is 15.0 Å². The van der Waals surface area contributed by atoms with Crippen LogP contribution in [0.5, 0.6) is 5.75 Å². The third kappa shape index (κ3) is 4.16. The summed E-state index contributed by atoms with van der Waals surface area (Å²) in [5.74, 6) is 1.81. The van der Waals surface area contributed by atoms with E-state index in [4.69, 9.17) is 4.74 Å². The summed E-state index contributed by atoms with van der Waals surface area (Å²) in [6.07, 6.45) is 2.63. The number of H-pyrrole nitrogens is 1. The Kier molecular flexibility index (Phi) is 5.55. The number of nitrogens with one attached hydrogen (secondary N) is 4. The number of carbonyl (C=O) groups excluding carboxylic acids is 1. The number of fused-ring (bicyclic) bond motifs is 1. The first kappa shape index (κ1) is 18.5. The predicted molar refractivity (Wildman–Crippen MR) is 108 cm³/mol. The number of para-hydroxylation sites is 3. The molecule has 146 valence electrons. The Bertz CT molecular complexity index is 922. The number of imidazole rings is 1. The van der Waals surface area contributed by atoms with Gasteiger partial charge in [0.1, 0.15) is 11.6 Å². The number of carbonyl (C=O) groups is 1. The van der Waals surface area contributed by atoms with Gasteiger partial charge in [-0.25, -0.2) is 15.8 Å². The van der Waals surface area contributed by atoms with Gasteiger partial charge in [0.05, 0.1) is 30.4 Å². The lowest BCUT2D eigenvalue weighted by atomic mass is 10.0. The standard InChI is InChI=1S/C21H25N5O2/c1-28-18-10-5-2-7-14(18)17-13-20(26-25-17)24-21(27)12-6-11-19-22-15-8-3-4-9-16(15)23-19/h2-5,7-10,17,20,25-26H,6,11-13H2,1H3,(H,22,23)(H,24,27). The van der Waals surface area contributed by atoms with Crippen molar-refractivity contribution in [1.29, 1.82) is 0 Å². The van der Waals surface area contributed by atoms with Crippen molar-refractivity contribution in [1.82, 2.24) is 26.1 Å². The maximum atomic E-state index is 12.3. The van der Waals surface area contributed by atoms with E-state index in [9.17, 15) is 4.79 Å². The van der Waals surface area contributed by atoms with Crippen LogP contribution in [-0.4, -0.2) is 29.2 Å². The highest BCUT2D eigenvalue weighted by Gasteiger charge is 2.27.